The fourth-order valence-corrected chi connectivity index (χ4v) is 4.14. The van der Waals surface area contributed by atoms with Crippen molar-refractivity contribution < 1.29 is 8.42 Å². The van der Waals surface area contributed by atoms with Crippen molar-refractivity contribution in [2.24, 2.45) is 5.92 Å². The van der Waals surface area contributed by atoms with Crippen LogP contribution < -0.4 is 0 Å². The van der Waals surface area contributed by atoms with Crippen molar-refractivity contribution in [3.8, 4) is 0 Å². The molecule has 0 aromatic carbocycles. The maximum absolute atomic E-state index is 11.0. The maximum Gasteiger partial charge on any atom is 0.140 e. The van der Waals surface area contributed by atoms with Crippen LogP contribution >= 0.6 is 0 Å². The molecule has 0 bridgehead atoms. The lowest BCUT2D eigenvalue weighted by Crippen LogP contribution is -2.08. The van der Waals surface area contributed by atoms with Crippen LogP contribution in [0.1, 0.15) is 96.3 Å². The van der Waals surface area contributed by atoms with E-state index in [4.69, 9.17) is 0 Å². The van der Waals surface area contributed by atoms with E-state index in [0.29, 0.717) is 11.7 Å². The Balaban J connectivity index is 2.27. The Kier molecular flexibility index (Phi) is 11.4. The van der Waals surface area contributed by atoms with Crippen LogP contribution in [0.15, 0.2) is 0 Å². The van der Waals surface area contributed by atoms with E-state index in [2.05, 4.69) is 0 Å². The zero-order chi connectivity index (χ0) is 14.5. The smallest absolute Gasteiger partial charge is 0.140 e. The molecule has 0 unspecified atom stereocenters. The largest absolute Gasteiger partial charge is 0.232 e. The van der Waals surface area contributed by atoms with Crippen molar-refractivity contribution in [1.82, 2.24) is 0 Å². The van der Waals surface area contributed by atoms with Crippen LogP contribution in [0, 0.1) is 5.92 Å². The molecule has 3 heteroatoms. The van der Waals surface area contributed by atoms with Gasteiger partial charge in [-0.15, -0.1) is 0 Å². The lowest BCUT2D eigenvalue weighted by molar-refractivity contribution is 0.426. The summed E-state index contributed by atoms with van der Waals surface area (Å²) in [4.78, 5) is 0. The topological polar surface area (TPSA) is 34.1 Å². The van der Waals surface area contributed by atoms with Gasteiger partial charge in [-0.1, -0.05) is 83.5 Å². The Hall–Kier alpha value is -0.0500. The minimum atomic E-state index is -2.19. The second-order valence-corrected chi connectivity index (χ2v) is 7.59. The normalized spacial score (nSPS) is 22.9. The molecule has 0 aliphatic heterocycles. The van der Waals surface area contributed by atoms with Gasteiger partial charge in [0.2, 0.25) is 0 Å². The summed E-state index contributed by atoms with van der Waals surface area (Å²) in [6, 6.07) is 0. The SMILES string of the molecule is O=[SH](=O)CC1CCCCCCCCCCCCCCC1. The average molecular weight is 303 g/mol. The molecular weight excluding hydrogens is 268 g/mol. The molecule has 120 valence electrons. The molecule has 0 aromatic heterocycles. The first-order chi connectivity index (χ1) is 9.79. The number of hydrogen-bond acceptors (Lipinski definition) is 2. The third-order valence-corrected chi connectivity index (χ3v) is 5.45. The van der Waals surface area contributed by atoms with Crippen molar-refractivity contribution in [3.63, 3.8) is 0 Å². The summed E-state index contributed by atoms with van der Waals surface area (Å²) < 4.78 is 21.9. The van der Waals surface area contributed by atoms with Gasteiger partial charge in [0.25, 0.3) is 0 Å². The number of hydrogen-bond donors (Lipinski definition) is 1. The Morgan fingerprint density at radius 1 is 0.550 bits per heavy atom. The minimum absolute atomic E-state index is 0.426. The van der Waals surface area contributed by atoms with E-state index in [9.17, 15) is 8.42 Å². The number of thiol groups is 1. The van der Waals surface area contributed by atoms with Gasteiger partial charge in [-0.05, 0) is 18.8 Å². The molecule has 0 amide bonds. The van der Waals surface area contributed by atoms with Crippen molar-refractivity contribution in [1.29, 1.82) is 0 Å². The van der Waals surface area contributed by atoms with Crippen LogP contribution in [-0.4, -0.2) is 14.2 Å². The first-order valence-corrected chi connectivity index (χ1v) is 10.3. The highest BCUT2D eigenvalue weighted by Gasteiger charge is 2.10. The van der Waals surface area contributed by atoms with Crippen molar-refractivity contribution in [2.45, 2.75) is 96.3 Å². The summed E-state index contributed by atoms with van der Waals surface area (Å²) in [5.41, 5.74) is 0. The summed E-state index contributed by atoms with van der Waals surface area (Å²) in [6.07, 6.45) is 19.8. The fraction of sp³-hybridized carbons (Fsp3) is 1.00. The summed E-state index contributed by atoms with van der Waals surface area (Å²) in [5.74, 6) is 0.860. The predicted molar refractivity (Wildman–Crippen MR) is 87.9 cm³/mol. The molecule has 1 fully saturated rings. The van der Waals surface area contributed by atoms with Gasteiger partial charge in [-0.25, -0.2) is 8.42 Å². The van der Waals surface area contributed by atoms with E-state index in [0.717, 1.165) is 12.8 Å². The Morgan fingerprint density at radius 2 is 0.850 bits per heavy atom. The summed E-state index contributed by atoms with van der Waals surface area (Å²) in [5, 5.41) is 0. The van der Waals surface area contributed by atoms with Crippen LogP contribution in [0.5, 0.6) is 0 Å². The minimum Gasteiger partial charge on any atom is -0.232 e. The first-order valence-electron chi connectivity index (χ1n) is 8.91. The zero-order valence-corrected chi connectivity index (χ0v) is 14.0. The zero-order valence-electron chi connectivity index (χ0n) is 13.2. The van der Waals surface area contributed by atoms with E-state index in [1.807, 2.05) is 0 Å². The third-order valence-electron chi connectivity index (χ3n) is 4.63. The maximum atomic E-state index is 11.0. The van der Waals surface area contributed by atoms with Crippen LogP contribution in [0.3, 0.4) is 0 Å². The molecule has 0 spiro atoms. The summed E-state index contributed by atoms with van der Waals surface area (Å²) in [7, 11) is -2.19. The first kappa shape index (κ1) is 18.0. The average Bonchev–Trinajstić information content (AvgIpc) is 2.40. The van der Waals surface area contributed by atoms with Gasteiger partial charge in [0.1, 0.15) is 10.7 Å². The molecule has 1 aliphatic rings. The standard InChI is InChI=1S/C17H34O2S/c18-20(19)16-17-14-12-10-8-6-4-2-1-3-5-7-9-11-13-15-17/h17,20H,1-16H2. The van der Waals surface area contributed by atoms with E-state index in [-0.39, 0.29) is 0 Å². The highest BCUT2D eigenvalue weighted by Crippen LogP contribution is 2.20. The summed E-state index contributed by atoms with van der Waals surface area (Å²) >= 11 is 0. The van der Waals surface area contributed by atoms with E-state index >= 15 is 0 Å². The molecule has 0 aromatic rings. The van der Waals surface area contributed by atoms with Gasteiger partial charge in [0.15, 0.2) is 0 Å². The lowest BCUT2D eigenvalue weighted by atomic mass is 9.95. The molecule has 1 rings (SSSR count). The second kappa shape index (κ2) is 12.7. The molecule has 20 heavy (non-hydrogen) atoms. The van der Waals surface area contributed by atoms with Gasteiger partial charge in [0, 0.05) is 0 Å². The molecule has 0 radical (unpaired) electrons. The van der Waals surface area contributed by atoms with E-state index < -0.39 is 10.7 Å². The Morgan fingerprint density at radius 3 is 1.15 bits per heavy atom. The van der Waals surface area contributed by atoms with Crippen molar-refractivity contribution >= 4 is 10.7 Å². The molecule has 0 saturated heterocycles. The van der Waals surface area contributed by atoms with Crippen molar-refractivity contribution in [3.05, 3.63) is 0 Å². The molecule has 0 N–H and O–H groups in total. The highest BCUT2D eigenvalue weighted by atomic mass is 32.2. The summed E-state index contributed by atoms with van der Waals surface area (Å²) in [6.45, 7) is 0. The Labute approximate surface area is 127 Å². The van der Waals surface area contributed by atoms with Crippen LogP contribution in [0.4, 0.5) is 0 Å². The molecular formula is C17H34O2S. The van der Waals surface area contributed by atoms with Gasteiger partial charge >= 0.3 is 0 Å². The van der Waals surface area contributed by atoms with Gasteiger partial charge in [-0.2, -0.15) is 0 Å². The highest BCUT2D eigenvalue weighted by molar-refractivity contribution is 7.72. The lowest BCUT2D eigenvalue weighted by Gasteiger charge is -2.14. The third kappa shape index (κ3) is 10.7. The van der Waals surface area contributed by atoms with Gasteiger partial charge in [0.05, 0.1) is 5.75 Å². The second-order valence-electron chi connectivity index (χ2n) is 6.55. The fourth-order valence-electron chi connectivity index (χ4n) is 3.35. The van der Waals surface area contributed by atoms with Crippen LogP contribution in [-0.2, 0) is 10.7 Å². The van der Waals surface area contributed by atoms with E-state index in [1.54, 1.807) is 0 Å². The van der Waals surface area contributed by atoms with Crippen LogP contribution in [0.2, 0.25) is 0 Å². The predicted octanol–water partition coefficient (Wildman–Crippen LogP) is 5.08. The Bertz CT molecular complexity index is 263. The van der Waals surface area contributed by atoms with Crippen LogP contribution in [0.25, 0.3) is 0 Å². The van der Waals surface area contributed by atoms with E-state index in [1.165, 1.54) is 83.5 Å². The molecule has 0 heterocycles. The van der Waals surface area contributed by atoms with Crippen molar-refractivity contribution in [2.75, 3.05) is 5.75 Å². The molecule has 0 atom stereocenters. The molecule has 1 aliphatic carbocycles. The van der Waals surface area contributed by atoms with Gasteiger partial charge in [-0.3, -0.25) is 0 Å². The molecule has 2 nitrogen and oxygen atoms in total. The monoisotopic (exact) mass is 302 g/mol. The van der Waals surface area contributed by atoms with Gasteiger partial charge < -0.3 is 0 Å². The molecule has 1 saturated carbocycles. The number of rotatable bonds is 2. The quantitative estimate of drug-likeness (QED) is 0.722.